The van der Waals surface area contributed by atoms with Crippen molar-refractivity contribution >= 4 is 23.2 Å². The number of halogens is 4. The van der Waals surface area contributed by atoms with Gasteiger partial charge in [0.25, 0.3) is 0 Å². The molecule has 0 saturated heterocycles. The van der Waals surface area contributed by atoms with Crippen LogP contribution in [-0.4, -0.2) is 18.3 Å². The summed E-state index contributed by atoms with van der Waals surface area (Å²) in [5.41, 5.74) is -2.46. The SMILES string of the molecule is COc1ccc(-[n+]2[nH]oc(=O)c2C(=O)Nc2cc(C(F)(F)F)ccc2Cl)cc1. The number of hydrogen-bond donors (Lipinski definition) is 2. The number of benzene rings is 2. The first-order chi connectivity index (χ1) is 13.2. The second-order valence-electron chi connectivity index (χ2n) is 5.51. The van der Waals surface area contributed by atoms with E-state index in [0.717, 1.165) is 16.8 Å². The van der Waals surface area contributed by atoms with E-state index >= 15 is 0 Å². The van der Waals surface area contributed by atoms with E-state index in [1.165, 1.54) is 7.11 Å². The van der Waals surface area contributed by atoms with Gasteiger partial charge in [-0.05, 0) is 40.3 Å². The number of ether oxygens (including phenoxy) is 1. The molecule has 0 fully saturated rings. The van der Waals surface area contributed by atoms with Crippen molar-refractivity contribution in [3.63, 3.8) is 0 Å². The quantitative estimate of drug-likeness (QED) is 0.642. The molecule has 2 N–H and O–H groups in total. The van der Waals surface area contributed by atoms with Gasteiger partial charge in [0, 0.05) is 12.1 Å². The van der Waals surface area contributed by atoms with E-state index in [1.807, 2.05) is 0 Å². The Morgan fingerprint density at radius 2 is 1.89 bits per heavy atom. The van der Waals surface area contributed by atoms with Crippen LogP contribution in [-0.2, 0) is 6.18 Å². The highest BCUT2D eigenvalue weighted by Gasteiger charge is 2.33. The van der Waals surface area contributed by atoms with Crippen molar-refractivity contribution < 1.29 is 31.9 Å². The molecule has 0 aliphatic rings. The third-order valence-corrected chi connectivity index (χ3v) is 4.06. The van der Waals surface area contributed by atoms with Gasteiger partial charge in [-0.25, -0.2) is 4.79 Å². The summed E-state index contributed by atoms with van der Waals surface area (Å²) in [6.07, 6.45) is -4.62. The molecule has 1 amide bonds. The second-order valence-corrected chi connectivity index (χ2v) is 5.92. The van der Waals surface area contributed by atoms with E-state index in [0.29, 0.717) is 17.5 Å². The molecule has 0 saturated carbocycles. The van der Waals surface area contributed by atoms with Crippen molar-refractivity contribution in [1.29, 1.82) is 0 Å². The minimum Gasteiger partial charge on any atom is -0.497 e. The lowest BCUT2D eigenvalue weighted by Gasteiger charge is -2.10. The third kappa shape index (κ3) is 3.86. The van der Waals surface area contributed by atoms with Gasteiger partial charge in [-0.3, -0.25) is 9.32 Å². The maximum absolute atomic E-state index is 12.9. The number of methoxy groups -OCH3 is 1. The highest BCUT2D eigenvalue weighted by atomic mass is 35.5. The molecule has 1 heterocycles. The Hall–Kier alpha value is -3.27. The van der Waals surface area contributed by atoms with Gasteiger partial charge in [-0.1, -0.05) is 11.6 Å². The molecule has 3 aromatic rings. The number of aromatic nitrogens is 2. The number of anilines is 1. The summed E-state index contributed by atoms with van der Waals surface area (Å²) >= 11 is 5.87. The van der Waals surface area contributed by atoms with Gasteiger partial charge in [0.15, 0.2) is 0 Å². The highest BCUT2D eigenvalue weighted by molar-refractivity contribution is 6.33. The molecule has 2 aromatic carbocycles. The maximum atomic E-state index is 12.9. The van der Waals surface area contributed by atoms with Crippen LogP contribution in [0.15, 0.2) is 51.8 Å². The monoisotopic (exact) mass is 414 g/mol. The zero-order chi connectivity index (χ0) is 20.5. The van der Waals surface area contributed by atoms with Crippen LogP contribution in [0.4, 0.5) is 18.9 Å². The number of carbonyl (C=O) groups excluding carboxylic acids is 1. The summed E-state index contributed by atoms with van der Waals surface area (Å²) < 4.78 is 49.4. The number of nitrogens with one attached hydrogen (secondary N) is 2. The lowest BCUT2D eigenvalue weighted by Crippen LogP contribution is -2.42. The number of carbonyl (C=O) groups is 1. The summed E-state index contributed by atoms with van der Waals surface area (Å²) in [5.74, 6) is -0.469. The molecule has 146 valence electrons. The second kappa shape index (κ2) is 7.39. The van der Waals surface area contributed by atoms with Crippen LogP contribution >= 0.6 is 11.6 Å². The van der Waals surface area contributed by atoms with E-state index in [9.17, 15) is 22.8 Å². The molecule has 3 rings (SSSR count). The number of nitrogens with zero attached hydrogens (tertiary/aromatic N) is 1. The Balaban J connectivity index is 1.96. The van der Waals surface area contributed by atoms with Crippen LogP contribution in [0, 0.1) is 0 Å². The van der Waals surface area contributed by atoms with Gasteiger partial charge in [0.1, 0.15) is 5.75 Å². The Bertz CT molecular complexity index is 1070. The van der Waals surface area contributed by atoms with Crippen molar-refractivity contribution in [2.45, 2.75) is 6.18 Å². The average Bonchev–Trinajstić information content (AvgIpc) is 3.04. The van der Waals surface area contributed by atoms with Crippen LogP contribution in [0.2, 0.25) is 5.02 Å². The lowest BCUT2D eigenvalue weighted by molar-refractivity contribution is -0.672. The summed E-state index contributed by atoms with van der Waals surface area (Å²) in [5, 5.41) is 4.33. The Labute approximate surface area is 160 Å². The predicted octanol–water partition coefficient (Wildman–Crippen LogP) is 3.18. The van der Waals surface area contributed by atoms with Crippen molar-refractivity contribution in [3.05, 3.63) is 69.2 Å². The predicted molar refractivity (Wildman–Crippen MR) is 91.8 cm³/mol. The highest BCUT2D eigenvalue weighted by Crippen LogP contribution is 2.33. The van der Waals surface area contributed by atoms with E-state index in [-0.39, 0.29) is 10.7 Å². The van der Waals surface area contributed by atoms with E-state index in [1.54, 1.807) is 24.3 Å². The number of rotatable bonds is 4. The zero-order valence-electron chi connectivity index (χ0n) is 14.1. The summed E-state index contributed by atoms with van der Waals surface area (Å²) in [7, 11) is 1.47. The first-order valence-corrected chi connectivity index (χ1v) is 8.04. The Kier molecular flexibility index (Phi) is 5.14. The fourth-order valence-corrected chi connectivity index (χ4v) is 2.52. The van der Waals surface area contributed by atoms with Gasteiger partial charge < -0.3 is 10.1 Å². The molecule has 28 heavy (non-hydrogen) atoms. The Morgan fingerprint density at radius 3 is 2.50 bits per heavy atom. The van der Waals surface area contributed by atoms with Crippen LogP contribution in [0.1, 0.15) is 16.1 Å². The van der Waals surface area contributed by atoms with Crippen LogP contribution < -0.4 is 20.4 Å². The average molecular weight is 415 g/mol. The van der Waals surface area contributed by atoms with Gasteiger partial charge in [0.2, 0.25) is 5.69 Å². The smallest absolute Gasteiger partial charge is 0.441 e. The minimum atomic E-state index is -4.62. The Morgan fingerprint density at radius 1 is 1.21 bits per heavy atom. The van der Waals surface area contributed by atoms with Crippen LogP contribution in [0.25, 0.3) is 5.69 Å². The van der Waals surface area contributed by atoms with E-state index in [4.69, 9.17) is 16.3 Å². The molecular weight excluding hydrogens is 403 g/mol. The zero-order valence-corrected chi connectivity index (χ0v) is 14.9. The van der Waals surface area contributed by atoms with E-state index in [2.05, 4.69) is 15.1 Å². The molecule has 0 aliphatic heterocycles. The molecule has 0 radical (unpaired) electrons. The number of hydrogen-bond acceptors (Lipinski definition) is 4. The normalized spacial score (nSPS) is 11.3. The first kappa shape index (κ1) is 19.5. The molecule has 11 heteroatoms. The topological polar surface area (TPSA) is 88.2 Å². The van der Waals surface area contributed by atoms with Gasteiger partial charge in [0.05, 0.1) is 23.4 Å². The van der Waals surface area contributed by atoms with Crippen molar-refractivity contribution in [2.24, 2.45) is 0 Å². The number of amides is 1. The molecular formula is C17H12ClF3N3O4+. The minimum absolute atomic E-state index is 0.128. The molecule has 0 unspecified atom stereocenters. The summed E-state index contributed by atoms with van der Waals surface area (Å²) in [6, 6.07) is 8.69. The molecule has 0 bridgehead atoms. The number of alkyl halides is 3. The fraction of sp³-hybridized carbons (Fsp3) is 0.118. The number of aromatic amines is 1. The largest absolute Gasteiger partial charge is 0.497 e. The van der Waals surface area contributed by atoms with Crippen LogP contribution in [0.5, 0.6) is 5.75 Å². The van der Waals surface area contributed by atoms with Gasteiger partial charge in [-0.15, -0.1) is 0 Å². The van der Waals surface area contributed by atoms with Crippen molar-refractivity contribution in [1.82, 2.24) is 5.27 Å². The maximum Gasteiger partial charge on any atom is 0.441 e. The first-order valence-electron chi connectivity index (χ1n) is 7.67. The summed E-state index contributed by atoms with van der Waals surface area (Å²) in [4.78, 5) is 24.5. The summed E-state index contributed by atoms with van der Waals surface area (Å²) in [6.45, 7) is 0. The molecule has 1 aromatic heterocycles. The lowest BCUT2D eigenvalue weighted by atomic mass is 10.2. The van der Waals surface area contributed by atoms with E-state index < -0.39 is 29.0 Å². The fourth-order valence-electron chi connectivity index (χ4n) is 2.36. The molecule has 0 aliphatic carbocycles. The molecule has 0 spiro atoms. The van der Waals surface area contributed by atoms with Crippen molar-refractivity contribution in [2.75, 3.05) is 12.4 Å². The standard InChI is InChI=1S/C17H11ClF3N3O4/c1-27-11-5-3-10(4-6-11)24-14(16(26)28-23-24)15(25)22-13-8-9(17(19,20)21)2-7-12(13)18/h2-8H,1H3,(H-,22,23,25,26)/p+1. The van der Waals surface area contributed by atoms with Crippen LogP contribution in [0.3, 0.4) is 0 Å². The van der Waals surface area contributed by atoms with Crippen molar-refractivity contribution in [3.8, 4) is 11.4 Å². The number of H-pyrrole nitrogens is 1. The van der Waals surface area contributed by atoms with Gasteiger partial charge >= 0.3 is 23.4 Å². The molecule has 0 atom stereocenters. The third-order valence-electron chi connectivity index (χ3n) is 3.73. The van der Waals surface area contributed by atoms with Gasteiger partial charge in [-0.2, -0.15) is 13.2 Å². The molecule has 7 nitrogen and oxygen atoms in total.